The number of aromatic nitrogens is 2. The fraction of sp³-hybridized carbons (Fsp3) is 0.579. The molecule has 2 N–H and O–H groups in total. The Morgan fingerprint density at radius 1 is 1.20 bits per heavy atom. The third-order valence-corrected chi connectivity index (χ3v) is 5.09. The Bertz CT molecular complexity index is 662. The summed E-state index contributed by atoms with van der Waals surface area (Å²) in [6.45, 7) is 8.65. The highest BCUT2D eigenvalue weighted by atomic mass is 35.5. The van der Waals surface area contributed by atoms with E-state index in [9.17, 15) is 0 Å². The maximum Gasteiger partial charge on any atom is 0.257 e. The molecule has 5 nitrogen and oxygen atoms in total. The van der Waals surface area contributed by atoms with Crippen molar-refractivity contribution in [2.45, 2.75) is 64.6 Å². The second-order valence-corrected chi connectivity index (χ2v) is 7.14. The number of nitrogens with zero attached hydrogens (tertiary/aromatic N) is 3. The molecular formula is C19H29ClN4O. The number of nitrogens with two attached hydrogens (primary N) is 1. The molecule has 0 atom stereocenters. The Morgan fingerprint density at radius 3 is 2.40 bits per heavy atom. The first-order chi connectivity index (χ1) is 11.5. The molecule has 138 valence electrons. The molecule has 3 rings (SSSR count). The molecule has 6 heteroatoms. The van der Waals surface area contributed by atoms with E-state index in [4.69, 9.17) is 10.3 Å². The smallest absolute Gasteiger partial charge is 0.257 e. The zero-order valence-electron chi connectivity index (χ0n) is 15.4. The topological polar surface area (TPSA) is 68.2 Å². The zero-order valence-corrected chi connectivity index (χ0v) is 16.2. The Hall–Kier alpha value is -1.43. The molecule has 1 saturated carbocycles. The minimum atomic E-state index is -0.402. The van der Waals surface area contributed by atoms with Gasteiger partial charge in [0.05, 0.1) is 5.54 Å². The first-order valence-corrected chi connectivity index (χ1v) is 8.98. The van der Waals surface area contributed by atoms with Crippen LogP contribution in [0.25, 0.3) is 11.5 Å². The summed E-state index contributed by atoms with van der Waals surface area (Å²) in [5, 5.41) is 4.13. The lowest BCUT2D eigenvalue weighted by Crippen LogP contribution is -2.34. The molecule has 1 aromatic carbocycles. The van der Waals surface area contributed by atoms with Crippen molar-refractivity contribution in [1.29, 1.82) is 0 Å². The van der Waals surface area contributed by atoms with Gasteiger partial charge in [-0.15, -0.1) is 12.4 Å². The molecule has 2 aromatic rings. The fourth-order valence-electron chi connectivity index (χ4n) is 3.42. The van der Waals surface area contributed by atoms with Gasteiger partial charge in [0.2, 0.25) is 0 Å². The van der Waals surface area contributed by atoms with E-state index in [1.165, 1.54) is 5.56 Å². The van der Waals surface area contributed by atoms with Crippen LogP contribution >= 0.6 is 12.4 Å². The summed E-state index contributed by atoms with van der Waals surface area (Å²) in [5.41, 5.74) is 8.24. The van der Waals surface area contributed by atoms with Gasteiger partial charge in [-0.1, -0.05) is 37.1 Å². The van der Waals surface area contributed by atoms with Crippen molar-refractivity contribution in [2.75, 3.05) is 6.54 Å². The molecular weight excluding hydrogens is 336 g/mol. The van der Waals surface area contributed by atoms with Crippen LogP contribution in [0, 0.1) is 0 Å². The summed E-state index contributed by atoms with van der Waals surface area (Å²) >= 11 is 0. The van der Waals surface area contributed by atoms with Gasteiger partial charge in [0.25, 0.3) is 5.89 Å². The van der Waals surface area contributed by atoms with Crippen molar-refractivity contribution in [3.63, 3.8) is 0 Å². The Balaban J connectivity index is 0.00000225. The first-order valence-electron chi connectivity index (χ1n) is 8.98. The second-order valence-electron chi connectivity index (χ2n) is 7.14. The lowest BCUT2D eigenvalue weighted by molar-refractivity contribution is 0.225. The van der Waals surface area contributed by atoms with Crippen LogP contribution in [0.1, 0.15) is 57.8 Å². The van der Waals surface area contributed by atoms with E-state index in [0.717, 1.165) is 44.3 Å². The standard InChI is InChI=1S/C19H28N4O.ClH/c1-4-23(14(2)3)13-15-7-9-16(10-8-15)17-21-18(22-24-17)19(20)11-5-6-12-19;/h7-10,14H,4-6,11-13,20H2,1-3H3;1H. The van der Waals surface area contributed by atoms with Gasteiger partial charge >= 0.3 is 0 Å². The van der Waals surface area contributed by atoms with Crippen LogP contribution in [-0.2, 0) is 12.1 Å². The van der Waals surface area contributed by atoms with Crippen molar-refractivity contribution in [3.05, 3.63) is 35.7 Å². The predicted molar refractivity (Wildman–Crippen MR) is 103 cm³/mol. The quantitative estimate of drug-likeness (QED) is 0.835. The molecule has 1 aliphatic rings. The highest BCUT2D eigenvalue weighted by Gasteiger charge is 2.36. The summed E-state index contributed by atoms with van der Waals surface area (Å²) in [6, 6.07) is 8.92. The molecule has 0 bridgehead atoms. The molecule has 1 aliphatic carbocycles. The molecule has 0 unspecified atom stereocenters. The van der Waals surface area contributed by atoms with E-state index >= 15 is 0 Å². The van der Waals surface area contributed by atoms with Crippen LogP contribution < -0.4 is 5.73 Å². The van der Waals surface area contributed by atoms with E-state index < -0.39 is 5.54 Å². The molecule has 1 heterocycles. The van der Waals surface area contributed by atoms with Gasteiger partial charge in [-0.25, -0.2) is 0 Å². The lowest BCUT2D eigenvalue weighted by Gasteiger charge is -2.24. The molecule has 1 aromatic heterocycles. The van der Waals surface area contributed by atoms with Crippen LogP contribution in [0.15, 0.2) is 28.8 Å². The summed E-state index contributed by atoms with van der Waals surface area (Å²) in [7, 11) is 0. The van der Waals surface area contributed by atoms with E-state index in [-0.39, 0.29) is 12.4 Å². The van der Waals surface area contributed by atoms with Crippen molar-refractivity contribution in [3.8, 4) is 11.5 Å². The van der Waals surface area contributed by atoms with Gasteiger partial charge in [0.1, 0.15) is 0 Å². The van der Waals surface area contributed by atoms with Gasteiger partial charge in [-0.05, 0) is 50.9 Å². The maximum atomic E-state index is 6.40. The molecule has 1 fully saturated rings. The van der Waals surface area contributed by atoms with Crippen LogP contribution in [0.2, 0.25) is 0 Å². The highest BCUT2D eigenvalue weighted by Crippen LogP contribution is 2.35. The number of hydrogen-bond donors (Lipinski definition) is 1. The predicted octanol–water partition coefficient (Wildman–Crippen LogP) is 4.12. The van der Waals surface area contributed by atoms with Crippen LogP contribution in [0.4, 0.5) is 0 Å². The molecule has 0 saturated heterocycles. The number of halogens is 1. The molecule has 0 aliphatic heterocycles. The average molecular weight is 365 g/mol. The van der Waals surface area contributed by atoms with E-state index in [2.05, 4.69) is 60.1 Å². The molecule has 0 radical (unpaired) electrons. The summed E-state index contributed by atoms with van der Waals surface area (Å²) in [4.78, 5) is 6.98. The Kier molecular flexibility index (Phi) is 6.60. The molecule has 0 amide bonds. The fourth-order valence-corrected chi connectivity index (χ4v) is 3.42. The van der Waals surface area contributed by atoms with Gasteiger partial charge in [0, 0.05) is 18.2 Å². The van der Waals surface area contributed by atoms with Crippen LogP contribution in [0.3, 0.4) is 0 Å². The molecule has 0 spiro atoms. The number of hydrogen-bond acceptors (Lipinski definition) is 5. The van der Waals surface area contributed by atoms with Crippen LogP contribution in [-0.4, -0.2) is 27.6 Å². The van der Waals surface area contributed by atoms with Crippen molar-refractivity contribution in [1.82, 2.24) is 15.0 Å². The van der Waals surface area contributed by atoms with E-state index in [1.807, 2.05) is 0 Å². The second kappa shape index (κ2) is 8.30. The normalized spacial score (nSPS) is 16.4. The van der Waals surface area contributed by atoms with Gasteiger partial charge in [-0.3, -0.25) is 4.90 Å². The molecule has 25 heavy (non-hydrogen) atoms. The summed E-state index contributed by atoms with van der Waals surface area (Å²) < 4.78 is 5.46. The van der Waals surface area contributed by atoms with Crippen molar-refractivity contribution in [2.24, 2.45) is 5.73 Å². The number of rotatable bonds is 6. The average Bonchev–Trinajstić information content (AvgIpc) is 3.23. The largest absolute Gasteiger partial charge is 0.334 e. The van der Waals surface area contributed by atoms with E-state index in [1.54, 1.807) is 0 Å². The summed E-state index contributed by atoms with van der Waals surface area (Å²) in [6.07, 6.45) is 4.15. The Labute approximate surface area is 156 Å². The minimum Gasteiger partial charge on any atom is -0.334 e. The Morgan fingerprint density at radius 2 is 1.84 bits per heavy atom. The minimum absolute atomic E-state index is 0. The van der Waals surface area contributed by atoms with Crippen LogP contribution in [0.5, 0.6) is 0 Å². The van der Waals surface area contributed by atoms with Gasteiger partial charge in [-0.2, -0.15) is 4.98 Å². The van der Waals surface area contributed by atoms with Crippen molar-refractivity contribution < 1.29 is 4.52 Å². The monoisotopic (exact) mass is 364 g/mol. The maximum absolute atomic E-state index is 6.40. The SMILES string of the molecule is CCN(Cc1ccc(-c2nc(C3(N)CCCC3)no2)cc1)C(C)C.Cl. The third-order valence-electron chi connectivity index (χ3n) is 5.09. The lowest BCUT2D eigenvalue weighted by atomic mass is 9.98. The zero-order chi connectivity index (χ0) is 17.2. The van der Waals surface area contributed by atoms with Crippen molar-refractivity contribution >= 4 is 12.4 Å². The van der Waals surface area contributed by atoms with Gasteiger partial charge < -0.3 is 10.3 Å². The first kappa shape index (κ1) is 19.9. The van der Waals surface area contributed by atoms with Gasteiger partial charge in [0.15, 0.2) is 5.82 Å². The van der Waals surface area contributed by atoms with E-state index in [0.29, 0.717) is 17.8 Å². The highest BCUT2D eigenvalue weighted by molar-refractivity contribution is 5.85. The third kappa shape index (κ3) is 4.40. The number of benzene rings is 1. The summed E-state index contributed by atoms with van der Waals surface area (Å²) in [5.74, 6) is 1.21.